The summed E-state index contributed by atoms with van der Waals surface area (Å²) >= 11 is 12.6. The molecule has 0 heterocycles. The van der Waals surface area contributed by atoms with Crippen LogP contribution in [0.2, 0.25) is 10.0 Å². The maximum atomic E-state index is 14.6. The molecule has 1 N–H and O–H groups in total. The van der Waals surface area contributed by atoms with Crippen molar-refractivity contribution < 1.29 is 22.7 Å². The van der Waals surface area contributed by atoms with Crippen molar-refractivity contribution >= 4 is 50.7 Å². The van der Waals surface area contributed by atoms with Gasteiger partial charge >= 0.3 is 0 Å². The number of halogens is 2. The monoisotopic (exact) mass is 729 g/mol. The molecule has 0 fully saturated rings. The van der Waals surface area contributed by atoms with Crippen molar-refractivity contribution in [1.82, 2.24) is 10.2 Å². The number of carbonyl (C=O) groups is 2. The van der Waals surface area contributed by atoms with Gasteiger partial charge in [-0.3, -0.25) is 13.9 Å². The first-order valence-corrected chi connectivity index (χ1v) is 18.2. The van der Waals surface area contributed by atoms with Gasteiger partial charge in [-0.15, -0.1) is 0 Å². The summed E-state index contributed by atoms with van der Waals surface area (Å²) in [6, 6.07) is 36.6. The standard InChI is InChI=1S/C39H37Cl2N3O5S/c1-28(2)42-39(46)37(25-29-12-6-3-7-13-29)43(26-30-18-23-35(40)36(41)24-30)38(45)27-44(50(47,48)34-16-10-5-11-17-34)31-19-21-33(22-20-31)49-32-14-8-4-9-15-32/h3-24,28,37H,25-27H2,1-2H3,(H,42,46)/t37-/m1/s1. The first kappa shape index (κ1) is 36.5. The summed E-state index contributed by atoms with van der Waals surface area (Å²) in [5.74, 6) is 0.126. The second kappa shape index (κ2) is 16.7. The van der Waals surface area contributed by atoms with Crippen molar-refractivity contribution in [2.45, 2.75) is 43.8 Å². The first-order chi connectivity index (χ1) is 24.0. The highest BCUT2D eigenvalue weighted by Gasteiger charge is 2.35. The molecule has 5 aromatic rings. The van der Waals surface area contributed by atoms with E-state index >= 15 is 0 Å². The van der Waals surface area contributed by atoms with Crippen LogP contribution in [0, 0.1) is 0 Å². The number of nitrogens with one attached hydrogen (secondary N) is 1. The van der Waals surface area contributed by atoms with E-state index in [1.807, 2.05) is 74.5 Å². The van der Waals surface area contributed by atoms with E-state index in [9.17, 15) is 18.0 Å². The molecule has 0 saturated heterocycles. The van der Waals surface area contributed by atoms with Crippen molar-refractivity contribution in [1.29, 1.82) is 0 Å². The Morgan fingerprint density at radius 1 is 0.720 bits per heavy atom. The molecular formula is C39H37Cl2N3O5S. The number of ether oxygens (including phenoxy) is 1. The molecule has 8 nitrogen and oxygen atoms in total. The third kappa shape index (κ3) is 9.44. The number of benzene rings is 5. The molecule has 0 aliphatic carbocycles. The van der Waals surface area contributed by atoms with Crippen LogP contribution in [0.4, 0.5) is 5.69 Å². The fourth-order valence-electron chi connectivity index (χ4n) is 5.32. The predicted molar refractivity (Wildman–Crippen MR) is 198 cm³/mol. The van der Waals surface area contributed by atoms with E-state index in [0.29, 0.717) is 22.1 Å². The second-order valence-corrected chi connectivity index (χ2v) is 14.5. The fraction of sp³-hybridized carbons (Fsp3) is 0.179. The van der Waals surface area contributed by atoms with Gasteiger partial charge in [-0.1, -0.05) is 96.0 Å². The Labute approximate surface area is 303 Å². The van der Waals surface area contributed by atoms with Gasteiger partial charge in [0.1, 0.15) is 24.1 Å². The van der Waals surface area contributed by atoms with Crippen LogP contribution in [-0.2, 0) is 32.6 Å². The second-order valence-electron chi connectivity index (χ2n) is 11.9. The molecule has 5 rings (SSSR count). The average molecular weight is 731 g/mol. The smallest absolute Gasteiger partial charge is 0.264 e. The molecule has 2 amide bonds. The Balaban J connectivity index is 1.56. The lowest BCUT2D eigenvalue weighted by Crippen LogP contribution is -2.54. The fourth-order valence-corrected chi connectivity index (χ4v) is 7.08. The third-order valence-electron chi connectivity index (χ3n) is 7.75. The van der Waals surface area contributed by atoms with Gasteiger partial charge in [0.05, 0.1) is 20.6 Å². The third-order valence-corrected chi connectivity index (χ3v) is 10.3. The Kier molecular flexibility index (Phi) is 12.2. The molecule has 258 valence electrons. The van der Waals surface area contributed by atoms with Gasteiger partial charge < -0.3 is 15.0 Å². The minimum absolute atomic E-state index is 0.00633. The molecule has 0 saturated carbocycles. The lowest BCUT2D eigenvalue weighted by molar-refractivity contribution is -0.140. The maximum Gasteiger partial charge on any atom is 0.264 e. The Morgan fingerprint density at radius 2 is 1.30 bits per heavy atom. The van der Waals surface area contributed by atoms with E-state index in [1.165, 1.54) is 17.0 Å². The molecule has 0 aromatic heterocycles. The molecule has 0 bridgehead atoms. The van der Waals surface area contributed by atoms with Crippen LogP contribution in [-0.4, -0.2) is 43.8 Å². The van der Waals surface area contributed by atoms with Crippen LogP contribution in [0.25, 0.3) is 0 Å². The summed E-state index contributed by atoms with van der Waals surface area (Å²) in [6.07, 6.45) is 0.184. The Hall–Kier alpha value is -4.83. The summed E-state index contributed by atoms with van der Waals surface area (Å²) in [4.78, 5) is 29.9. The molecular weight excluding hydrogens is 693 g/mol. The van der Waals surface area contributed by atoms with Crippen molar-refractivity contribution in [3.63, 3.8) is 0 Å². The van der Waals surface area contributed by atoms with Crippen molar-refractivity contribution in [2.75, 3.05) is 10.8 Å². The molecule has 0 spiro atoms. The SMILES string of the molecule is CC(C)NC(=O)[C@@H](Cc1ccccc1)N(Cc1ccc(Cl)c(Cl)c1)C(=O)CN(c1ccc(Oc2ccccc2)cc1)S(=O)(=O)c1ccccc1. The van der Waals surface area contributed by atoms with E-state index in [-0.39, 0.29) is 40.5 Å². The van der Waals surface area contributed by atoms with E-state index in [0.717, 1.165) is 9.87 Å². The zero-order chi connectivity index (χ0) is 35.7. The summed E-state index contributed by atoms with van der Waals surface area (Å²) in [5.41, 5.74) is 1.68. The van der Waals surface area contributed by atoms with Gasteiger partial charge in [0.25, 0.3) is 10.0 Å². The lowest BCUT2D eigenvalue weighted by Gasteiger charge is -2.34. The Morgan fingerprint density at radius 3 is 1.90 bits per heavy atom. The highest BCUT2D eigenvalue weighted by Crippen LogP contribution is 2.29. The van der Waals surface area contributed by atoms with Crippen LogP contribution >= 0.6 is 23.2 Å². The molecule has 11 heteroatoms. The van der Waals surface area contributed by atoms with Gasteiger partial charge in [0.2, 0.25) is 11.8 Å². The van der Waals surface area contributed by atoms with E-state index in [1.54, 1.807) is 60.7 Å². The van der Waals surface area contributed by atoms with Gasteiger partial charge in [0, 0.05) is 19.0 Å². The minimum Gasteiger partial charge on any atom is -0.457 e. The minimum atomic E-state index is -4.26. The van der Waals surface area contributed by atoms with Crippen LogP contribution in [0.1, 0.15) is 25.0 Å². The maximum absolute atomic E-state index is 14.6. The molecule has 0 radical (unpaired) electrons. The van der Waals surface area contributed by atoms with Crippen molar-refractivity contribution in [2.24, 2.45) is 0 Å². The number of carbonyl (C=O) groups excluding carboxylic acids is 2. The van der Waals surface area contributed by atoms with Crippen LogP contribution < -0.4 is 14.4 Å². The van der Waals surface area contributed by atoms with Crippen molar-refractivity contribution in [3.05, 3.63) is 155 Å². The first-order valence-electron chi connectivity index (χ1n) is 16.0. The van der Waals surface area contributed by atoms with Crippen LogP contribution in [0.3, 0.4) is 0 Å². The highest BCUT2D eigenvalue weighted by molar-refractivity contribution is 7.92. The Bertz CT molecular complexity index is 2000. The normalized spacial score (nSPS) is 11.9. The van der Waals surface area contributed by atoms with Gasteiger partial charge in [0.15, 0.2) is 0 Å². The summed E-state index contributed by atoms with van der Waals surface area (Å²) in [6.45, 7) is 3.03. The predicted octanol–water partition coefficient (Wildman–Crippen LogP) is 8.15. The average Bonchev–Trinajstić information content (AvgIpc) is 3.11. The number of amides is 2. The van der Waals surface area contributed by atoms with E-state index < -0.39 is 28.5 Å². The summed E-state index contributed by atoms with van der Waals surface area (Å²) < 4.78 is 35.5. The number of hydrogen-bond donors (Lipinski definition) is 1. The molecule has 50 heavy (non-hydrogen) atoms. The topological polar surface area (TPSA) is 96.0 Å². The van der Waals surface area contributed by atoms with E-state index in [4.69, 9.17) is 27.9 Å². The number of para-hydroxylation sites is 1. The summed E-state index contributed by atoms with van der Waals surface area (Å²) in [5, 5.41) is 3.57. The largest absolute Gasteiger partial charge is 0.457 e. The number of nitrogens with zero attached hydrogens (tertiary/aromatic N) is 2. The van der Waals surface area contributed by atoms with E-state index in [2.05, 4.69) is 5.32 Å². The molecule has 0 aliphatic rings. The zero-order valence-electron chi connectivity index (χ0n) is 27.6. The lowest BCUT2D eigenvalue weighted by atomic mass is 10.0. The molecule has 0 unspecified atom stereocenters. The number of anilines is 1. The highest BCUT2D eigenvalue weighted by atomic mass is 35.5. The van der Waals surface area contributed by atoms with Crippen molar-refractivity contribution in [3.8, 4) is 11.5 Å². The van der Waals surface area contributed by atoms with Gasteiger partial charge in [-0.25, -0.2) is 8.42 Å². The number of rotatable bonds is 14. The molecule has 0 aliphatic heterocycles. The zero-order valence-corrected chi connectivity index (χ0v) is 29.9. The number of sulfonamides is 1. The quantitative estimate of drug-likeness (QED) is 0.125. The van der Waals surface area contributed by atoms with Crippen LogP contribution in [0.5, 0.6) is 11.5 Å². The molecule has 1 atom stereocenters. The molecule has 5 aromatic carbocycles. The number of hydrogen-bond acceptors (Lipinski definition) is 5. The van der Waals surface area contributed by atoms with Gasteiger partial charge in [-0.2, -0.15) is 0 Å². The van der Waals surface area contributed by atoms with Gasteiger partial charge in [-0.05, 0) is 85.6 Å². The summed E-state index contributed by atoms with van der Waals surface area (Å²) in [7, 11) is -4.26. The van der Waals surface area contributed by atoms with Crippen LogP contribution in [0.15, 0.2) is 138 Å².